The third-order valence-electron chi connectivity index (χ3n) is 2.21. The van der Waals surface area contributed by atoms with Crippen LogP contribution < -0.4 is 4.74 Å². The predicted molar refractivity (Wildman–Crippen MR) is 76.5 cm³/mol. The van der Waals surface area contributed by atoms with Crippen molar-refractivity contribution in [2.45, 2.75) is 13.5 Å². The third kappa shape index (κ3) is 4.40. The van der Waals surface area contributed by atoms with Crippen molar-refractivity contribution in [2.75, 3.05) is 6.61 Å². The van der Waals surface area contributed by atoms with E-state index in [1.165, 1.54) is 18.2 Å². The Bertz CT molecular complexity index is 593. The van der Waals surface area contributed by atoms with Crippen LogP contribution >= 0.6 is 27.5 Å². The number of aromatic nitrogens is 2. The van der Waals surface area contributed by atoms with Crippen LogP contribution in [0.25, 0.3) is 0 Å². The summed E-state index contributed by atoms with van der Waals surface area (Å²) in [5.41, 5.74) is 0. The van der Waals surface area contributed by atoms with Gasteiger partial charge in [-0.2, -0.15) is 4.98 Å². The molecule has 20 heavy (non-hydrogen) atoms. The van der Waals surface area contributed by atoms with Crippen LogP contribution in [-0.4, -0.2) is 16.6 Å². The van der Waals surface area contributed by atoms with E-state index in [9.17, 15) is 4.39 Å². The molecule has 0 radical (unpaired) electrons. The van der Waals surface area contributed by atoms with E-state index < -0.39 is 5.82 Å². The normalized spacial score (nSPS) is 10.6. The predicted octanol–water partition coefficient (Wildman–Crippen LogP) is 4.36. The van der Waals surface area contributed by atoms with Crippen molar-refractivity contribution in [3.05, 3.63) is 45.5 Å². The zero-order valence-corrected chi connectivity index (χ0v) is 12.9. The van der Waals surface area contributed by atoms with Gasteiger partial charge in [-0.3, -0.25) is 0 Å². The zero-order valence-electron chi connectivity index (χ0n) is 10.6. The molecule has 0 aliphatic rings. The fourth-order valence-corrected chi connectivity index (χ4v) is 2.10. The van der Waals surface area contributed by atoms with Crippen molar-refractivity contribution in [1.82, 2.24) is 9.97 Å². The molecule has 0 amide bonds. The van der Waals surface area contributed by atoms with Crippen molar-refractivity contribution in [3.63, 3.8) is 0 Å². The average molecular weight is 362 g/mol. The lowest BCUT2D eigenvalue weighted by Gasteiger charge is -2.07. The van der Waals surface area contributed by atoms with Crippen LogP contribution in [0.5, 0.6) is 11.6 Å². The van der Waals surface area contributed by atoms with Gasteiger partial charge in [-0.25, -0.2) is 9.37 Å². The highest BCUT2D eigenvalue weighted by atomic mass is 79.9. The van der Waals surface area contributed by atoms with Gasteiger partial charge in [0.05, 0.1) is 0 Å². The summed E-state index contributed by atoms with van der Waals surface area (Å²) in [7, 11) is 0. The van der Waals surface area contributed by atoms with E-state index in [0.717, 1.165) is 0 Å². The SMILES string of the molecule is CCOCc1nc(Cl)cc(Oc2cc(F)cc(Br)c2)n1. The van der Waals surface area contributed by atoms with Gasteiger partial charge in [0.1, 0.15) is 23.3 Å². The fourth-order valence-electron chi connectivity index (χ4n) is 1.46. The van der Waals surface area contributed by atoms with E-state index in [1.807, 2.05) is 6.92 Å². The Labute approximate surface area is 129 Å². The molecule has 0 saturated carbocycles. The second-order valence-corrected chi connectivity index (χ2v) is 5.09. The van der Waals surface area contributed by atoms with Crippen molar-refractivity contribution in [2.24, 2.45) is 0 Å². The molecule has 0 aliphatic heterocycles. The Morgan fingerprint density at radius 2 is 2.05 bits per heavy atom. The molecule has 7 heteroatoms. The molecule has 106 valence electrons. The lowest BCUT2D eigenvalue weighted by Crippen LogP contribution is -2.01. The van der Waals surface area contributed by atoms with Crippen molar-refractivity contribution < 1.29 is 13.9 Å². The maximum Gasteiger partial charge on any atom is 0.224 e. The number of rotatable bonds is 5. The van der Waals surface area contributed by atoms with E-state index in [-0.39, 0.29) is 17.6 Å². The minimum absolute atomic E-state index is 0.234. The molecule has 0 fully saturated rings. The first-order chi connectivity index (χ1) is 9.56. The summed E-state index contributed by atoms with van der Waals surface area (Å²) in [5.74, 6) is 0.542. The molecular weight excluding hydrogens is 351 g/mol. The molecular formula is C13H11BrClFN2O2. The van der Waals surface area contributed by atoms with Crippen LogP contribution in [0, 0.1) is 5.82 Å². The molecule has 0 aliphatic carbocycles. The summed E-state index contributed by atoms with van der Waals surface area (Å²) < 4.78 is 24.5. The van der Waals surface area contributed by atoms with Crippen LogP contribution in [0.3, 0.4) is 0 Å². The molecule has 0 spiro atoms. The zero-order chi connectivity index (χ0) is 14.5. The molecule has 1 aromatic carbocycles. The minimum Gasteiger partial charge on any atom is -0.439 e. The van der Waals surface area contributed by atoms with Gasteiger partial charge in [-0.15, -0.1) is 0 Å². The largest absolute Gasteiger partial charge is 0.439 e. The lowest BCUT2D eigenvalue weighted by atomic mass is 10.3. The number of nitrogens with zero attached hydrogens (tertiary/aromatic N) is 2. The second-order valence-electron chi connectivity index (χ2n) is 3.79. The molecule has 0 N–H and O–H groups in total. The van der Waals surface area contributed by atoms with Crippen molar-refractivity contribution in [3.8, 4) is 11.6 Å². The molecule has 2 aromatic rings. The standard InChI is InChI=1S/C13H11BrClFN2O2/c1-2-19-7-12-17-11(15)6-13(18-12)20-10-4-8(14)3-9(16)5-10/h3-6H,2,7H2,1H3. The van der Waals surface area contributed by atoms with Gasteiger partial charge >= 0.3 is 0 Å². The van der Waals surface area contributed by atoms with Crippen LogP contribution in [0.4, 0.5) is 4.39 Å². The van der Waals surface area contributed by atoms with Gasteiger partial charge in [-0.1, -0.05) is 27.5 Å². The molecule has 0 bridgehead atoms. The van der Waals surface area contributed by atoms with Gasteiger partial charge in [0.25, 0.3) is 0 Å². The second kappa shape index (κ2) is 6.97. The molecule has 0 unspecified atom stereocenters. The third-order valence-corrected chi connectivity index (χ3v) is 2.86. The summed E-state index contributed by atoms with van der Waals surface area (Å²) in [6, 6.07) is 5.67. The highest BCUT2D eigenvalue weighted by molar-refractivity contribution is 9.10. The fraction of sp³-hybridized carbons (Fsp3) is 0.231. The van der Waals surface area contributed by atoms with E-state index in [1.54, 1.807) is 6.07 Å². The number of benzene rings is 1. The summed E-state index contributed by atoms with van der Waals surface area (Å²) in [6.45, 7) is 2.65. The Balaban J connectivity index is 2.21. The highest BCUT2D eigenvalue weighted by Crippen LogP contribution is 2.26. The smallest absolute Gasteiger partial charge is 0.224 e. The van der Waals surface area contributed by atoms with Gasteiger partial charge < -0.3 is 9.47 Å². The minimum atomic E-state index is -0.413. The first-order valence-electron chi connectivity index (χ1n) is 5.82. The molecule has 0 atom stereocenters. The molecule has 0 saturated heterocycles. The maximum atomic E-state index is 13.3. The van der Waals surface area contributed by atoms with Crippen LogP contribution in [-0.2, 0) is 11.3 Å². The monoisotopic (exact) mass is 360 g/mol. The summed E-state index contributed by atoms with van der Waals surface area (Å²) >= 11 is 9.08. The van der Waals surface area contributed by atoms with E-state index in [4.69, 9.17) is 21.1 Å². The van der Waals surface area contributed by atoms with E-state index in [0.29, 0.717) is 22.7 Å². The van der Waals surface area contributed by atoms with Gasteiger partial charge in [0, 0.05) is 23.2 Å². The lowest BCUT2D eigenvalue weighted by molar-refractivity contribution is 0.128. The van der Waals surface area contributed by atoms with Gasteiger partial charge in [0.2, 0.25) is 5.88 Å². The maximum absolute atomic E-state index is 13.3. The number of halogens is 3. The molecule has 2 rings (SSSR count). The Hall–Kier alpha value is -1.24. The van der Waals surface area contributed by atoms with E-state index >= 15 is 0 Å². The van der Waals surface area contributed by atoms with Gasteiger partial charge in [0.15, 0.2) is 5.82 Å². The summed E-state index contributed by atoms with van der Waals surface area (Å²) in [4.78, 5) is 8.16. The van der Waals surface area contributed by atoms with Gasteiger partial charge in [-0.05, 0) is 19.1 Å². The molecule has 4 nitrogen and oxygen atoms in total. The van der Waals surface area contributed by atoms with Crippen LogP contribution in [0.2, 0.25) is 5.15 Å². The molecule has 1 heterocycles. The summed E-state index contributed by atoms with van der Waals surface area (Å²) in [6.07, 6.45) is 0. The topological polar surface area (TPSA) is 44.2 Å². The highest BCUT2D eigenvalue weighted by Gasteiger charge is 2.07. The summed E-state index contributed by atoms with van der Waals surface area (Å²) in [5, 5.41) is 0.236. The quantitative estimate of drug-likeness (QED) is 0.742. The molecule has 1 aromatic heterocycles. The van der Waals surface area contributed by atoms with Crippen molar-refractivity contribution in [1.29, 1.82) is 0 Å². The Morgan fingerprint density at radius 1 is 1.25 bits per heavy atom. The van der Waals surface area contributed by atoms with E-state index in [2.05, 4.69) is 25.9 Å². The first kappa shape index (κ1) is 15.2. The number of hydrogen-bond acceptors (Lipinski definition) is 4. The Kier molecular flexibility index (Phi) is 5.28. The van der Waals surface area contributed by atoms with Crippen LogP contribution in [0.15, 0.2) is 28.7 Å². The first-order valence-corrected chi connectivity index (χ1v) is 6.99. The number of hydrogen-bond donors (Lipinski definition) is 0. The van der Waals surface area contributed by atoms with Crippen LogP contribution in [0.1, 0.15) is 12.7 Å². The van der Waals surface area contributed by atoms with Crippen molar-refractivity contribution >= 4 is 27.5 Å². The number of ether oxygens (including phenoxy) is 2. The Morgan fingerprint density at radius 3 is 2.75 bits per heavy atom. The average Bonchev–Trinajstić information content (AvgIpc) is 2.34.